The summed E-state index contributed by atoms with van der Waals surface area (Å²) >= 11 is 1.94. The summed E-state index contributed by atoms with van der Waals surface area (Å²) in [5, 5.41) is 0. The van der Waals surface area contributed by atoms with E-state index in [9.17, 15) is 0 Å². The standard InChI is InChI=1S/C24H40N2O2S/c1-25(13-6-20-29-2)21-24(11-18-27-19-12-24)22-7-9-23(10-8-22)28-17-5-16-26-14-3-4-15-26/h7-10H,3-6,11-21H2,1-2H3. The molecule has 2 aliphatic heterocycles. The lowest BCUT2D eigenvalue weighted by Crippen LogP contribution is -2.43. The van der Waals surface area contributed by atoms with Crippen molar-refractivity contribution < 1.29 is 9.47 Å². The Balaban J connectivity index is 1.52. The van der Waals surface area contributed by atoms with Crippen LogP contribution in [-0.4, -0.2) is 81.4 Å². The zero-order valence-electron chi connectivity index (χ0n) is 18.5. The molecule has 2 aliphatic rings. The predicted molar refractivity (Wildman–Crippen MR) is 124 cm³/mol. The van der Waals surface area contributed by atoms with Crippen LogP contribution < -0.4 is 4.74 Å². The predicted octanol–water partition coefficient (Wildman–Crippen LogP) is 4.28. The third-order valence-corrected chi connectivity index (χ3v) is 7.16. The van der Waals surface area contributed by atoms with Crippen LogP contribution in [0.5, 0.6) is 5.75 Å². The summed E-state index contributed by atoms with van der Waals surface area (Å²) in [4.78, 5) is 5.07. The molecule has 0 aliphatic carbocycles. The van der Waals surface area contributed by atoms with Crippen molar-refractivity contribution >= 4 is 11.8 Å². The molecular formula is C24H40N2O2S. The molecule has 1 aromatic carbocycles. The molecule has 0 amide bonds. The number of likely N-dealkylation sites (N-methyl/N-ethyl adjacent to an activating group) is 1. The van der Waals surface area contributed by atoms with Crippen molar-refractivity contribution in [1.82, 2.24) is 9.80 Å². The number of rotatable bonds is 12. The van der Waals surface area contributed by atoms with E-state index in [-0.39, 0.29) is 5.41 Å². The Labute approximate surface area is 182 Å². The molecule has 164 valence electrons. The minimum Gasteiger partial charge on any atom is -0.494 e. The van der Waals surface area contributed by atoms with Crippen LogP contribution in [0.3, 0.4) is 0 Å². The number of hydrogen-bond donors (Lipinski definition) is 0. The first-order valence-corrected chi connectivity index (χ1v) is 12.8. The Bertz CT molecular complexity index is 569. The summed E-state index contributed by atoms with van der Waals surface area (Å²) in [6.07, 6.45) is 9.50. The fraction of sp³-hybridized carbons (Fsp3) is 0.750. The molecular weight excluding hydrogens is 380 g/mol. The van der Waals surface area contributed by atoms with Crippen molar-refractivity contribution in [2.75, 3.05) is 71.6 Å². The van der Waals surface area contributed by atoms with Gasteiger partial charge >= 0.3 is 0 Å². The van der Waals surface area contributed by atoms with Gasteiger partial charge in [-0.3, -0.25) is 0 Å². The number of nitrogens with zero attached hydrogens (tertiary/aromatic N) is 2. The van der Waals surface area contributed by atoms with Crippen LogP contribution in [0.2, 0.25) is 0 Å². The lowest BCUT2D eigenvalue weighted by atomic mass is 9.73. The number of ether oxygens (including phenoxy) is 2. The fourth-order valence-electron chi connectivity index (χ4n) is 4.76. The summed E-state index contributed by atoms with van der Waals surface area (Å²) < 4.78 is 11.7. The molecule has 0 radical (unpaired) electrons. The Hall–Kier alpha value is -0.750. The van der Waals surface area contributed by atoms with Crippen LogP contribution in [0.1, 0.15) is 44.1 Å². The molecule has 1 aromatic rings. The molecule has 3 rings (SSSR count). The van der Waals surface area contributed by atoms with Crippen molar-refractivity contribution in [3.8, 4) is 5.75 Å². The average Bonchev–Trinajstić information content (AvgIpc) is 3.26. The summed E-state index contributed by atoms with van der Waals surface area (Å²) in [6.45, 7) is 8.54. The smallest absolute Gasteiger partial charge is 0.119 e. The number of benzene rings is 1. The van der Waals surface area contributed by atoms with Crippen molar-refractivity contribution in [3.63, 3.8) is 0 Å². The topological polar surface area (TPSA) is 24.9 Å². The van der Waals surface area contributed by atoms with E-state index in [0.29, 0.717) is 0 Å². The van der Waals surface area contributed by atoms with Crippen molar-refractivity contribution in [2.24, 2.45) is 0 Å². The quantitative estimate of drug-likeness (QED) is 0.470. The van der Waals surface area contributed by atoms with Gasteiger partial charge in [-0.25, -0.2) is 0 Å². The van der Waals surface area contributed by atoms with E-state index in [1.807, 2.05) is 11.8 Å². The normalized spacial score (nSPS) is 19.7. The molecule has 29 heavy (non-hydrogen) atoms. The van der Waals surface area contributed by atoms with Gasteiger partial charge in [-0.15, -0.1) is 0 Å². The first-order valence-electron chi connectivity index (χ1n) is 11.4. The molecule has 0 atom stereocenters. The van der Waals surface area contributed by atoms with Crippen molar-refractivity contribution in [3.05, 3.63) is 29.8 Å². The highest BCUT2D eigenvalue weighted by molar-refractivity contribution is 7.98. The second kappa shape index (κ2) is 12.2. The highest BCUT2D eigenvalue weighted by Crippen LogP contribution is 2.36. The zero-order chi connectivity index (χ0) is 20.4. The van der Waals surface area contributed by atoms with Gasteiger partial charge in [0.05, 0.1) is 6.61 Å². The average molecular weight is 421 g/mol. The van der Waals surface area contributed by atoms with Crippen LogP contribution in [-0.2, 0) is 10.2 Å². The van der Waals surface area contributed by atoms with Gasteiger partial charge in [0.2, 0.25) is 0 Å². The van der Waals surface area contributed by atoms with Crippen LogP contribution >= 0.6 is 11.8 Å². The van der Waals surface area contributed by atoms with Crippen LogP contribution in [0.15, 0.2) is 24.3 Å². The molecule has 0 spiro atoms. The van der Waals surface area contributed by atoms with E-state index < -0.39 is 0 Å². The second-order valence-electron chi connectivity index (χ2n) is 8.75. The summed E-state index contributed by atoms with van der Waals surface area (Å²) in [5.41, 5.74) is 1.66. The van der Waals surface area contributed by atoms with Crippen molar-refractivity contribution in [1.29, 1.82) is 0 Å². The fourth-order valence-corrected chi connectivity index (χ4v) is 5.18. The second-order valence-corrected chi connectivity index (χ2v) is 9.74. The number of hydrogen-bond acceptors (Lipinski definition) is 5. The van der Waals surface area contributed by atoms with E-state index in [1.165, 1.54) is 56.8 Å². The molecule has 0 saturated carbocycles. The van der Waals surface area contributed by atoms with Crippen LogP contribution in [0, 0.1) is 0 Å². The summed E-state index contributed by atoms with van der Waals surface area (Å²) in [5.74, 6) is 2.25. The van der Waals surface area contributed by atoms with E-state index >= 15 is 0 Å². The van der Waals surface area contributed by atoms with Gasteiger partial charge in [0.1, 0.15) is 5.75 Å². The highest BCUT2D eigenvalue weighted by Gasteiger charge is 2.35. The monoisotopic (exact) mass is 420 g/mol. The van der Waals surface area contributed by atoms with Crippen LogP contribution in [0.25, 0.3) is 0 Å². The number of thioether (sulfide) groups is 1. The Morgan fingerprint density at radius 1 is 1.10 bits per heavy atom. The SMILES string of the molecule is CSCCCN(C)CC1(c2ccc(OCCCN3CCCC3)cc2)CCOCC1. The van der Waals surface area contributed by atoms with Gasteiger partial charge in [0, 0.05) is 31.7 Å². The largest absolute Gasteiger partial charge is 0.494 e. The number of likely N-dealkylation sites (tertiary alicyclic amines) is 1. The van der Waals surface area contributed by atoms with E-state index in [2.05, 4.69) is 47.4 Å². The maximum absolute atomic E-state index is 6.02. The molecule has 0 unspecified atom stereocenters. The van der Waals surface area contributed by atoms with Gasteiger partial charge in [0.25, 0.3) is 0 Å². The van der Waals surface area contributed by atoms with Gasteiger partial charge < -0.3 is 19.3 Å². The Morgan fingerprint density at radius 3 is 2.52 bits per heavy atom. The van der Waals surface area contributed by atoms with E-state index in [1.54, 1.807) is 0 Å². The molecule has 2 heterocycles. The maximum Gasteiger partial charge on any atom is 0.119 e. The van der Waals surface area contributed by atoms with E-state index in [4.69, 9.17) is 9.47 Å². The van der Waals surface area contributed by atoms with Gasteiger partial charge in [0.15, 0.2) is 0 Å². The summed E-state index contributed by atoms with van der Waals surface area (Å²) in [6, 6.07) is 8.96. The zero-order valence-corrected chi connectivity index (χ0v) is 19.4. The first kappa shape index (κ1) is 22.9. The third-order valence-electron chi connectivity index (χ3n) is 6.46. The van der Waals surface area contributed by atoms with E-state index in [0.717, 1.165) is 51.4 Å². The molecule has 4 nitrogen and oxygen atoms in total. The van der Waals surface area contributed by atoms with Crippen LogP contribution in [0.4, 0.5) is 0 Å². The minimum absolute atomic E-state index is 0.209. The summed E-state index contributed by atoms with van der Waals surface area (Å²) in [7, 11) is 2.27. The molecule has 2 saturated heterocycles. The van der Waals surface area contributed by atoms with Crippen molar-refractivity contribution in [2.45, 2.75) is 43.9 Å². The minimum atomic E-state index is 0.209. The first-order chi connectivity index (χ1) is 14.2. The van der Waals surface area contributed by atoms with Gasteiger partial charge in [-0.05, 0) is 94.9 Å². The maximum atomic E-state index is 6.02. The highest BCUT2D eigenvalue weighted by atomic mass is 32.2. The Morgan fingerprint density at radius 2 is 1.83 bits per heavy atom. The van der Waals surface area contributed by atoms with Gasteiger partial charge in [-0.2, -0.15) is 11.8 Å². The molecule has 0 bridgehead atoms. The lowest BCUT2D eigenvalue weighted by Gasteiger charge is -2.40. The molecule has 0 N–H and O–H groups in total. The Kier molecular flexibility index (Phi) is 9.63. The van der Waals surface area contributed by atoms with Gasteiger partial charge in [-0.1, -0.05) is 12.1 Å². The molecule has 2 fully saturated rings. The molecule has 5 heteroatoms. The lowest BCUT2D eigenvalue weighted by molar-refractivity contribution is 0.0374. The molecule has 0 aromatic heterocycles. The third kappa shape index (κ3) is 7.16.